The first-order chi connectivity index (χ1) is 13.1. The summed E-state index contributed by atoms with van der Waals surface area (Å²) in [6.45, 7) is 1.23. The minimum atomic E-state index is -0.771. The zero-order valence-electron chi connectivity index (χ0n) is 14.4. The van der Waals surface area contributed by atoms with Gasteiger partial charge in [-0.15, -0.1) is 0 Å². The number of hydrogen-bond acceptors (Lipinski definition) is 6. The van der Waals surface area contributed by atoms with E-state index >= 15 is 0 Å². The largest absolute Gasteiger partial charge is 0.481 e. The summed E-state index contributed by atoms with van der Waals surface area (Å²) in [5, 5.41) is 13.1. The lowest BCUT2D eigenvalue weighted by molar-refractivity contribution is -0.141. The minimum Gasteiger partial charge on any atom is -0.481 e. The fraction of sp³-hybridized carbons (Fsp3) is 0.263. The number of hydrogen-bond donors (Lipinski definition) is 1. The van der Waals surface area contributed by atoms with Gasteiger partial charge >= 0.3 is 5.97 Å². The average Bonchev–Trinajstić information content (AvgIpc) is 3.18. The van der Waals surface area contributed by atoms with Crippen molar-refractivity contribution in [2.24, 2.45) is 5.92 Å². The molecular formula is C19H17FN4O3. The Morgan fingerprint density at radius 1 is 1.26 bits per heavy atom. The van der Waals surface area contributed by atoms with Crippen molar-refractivity contribution in [3.8, 4) is 22.8 Å². The maximum absolute atomic E-state index is 13.3. The van der Waals surface area contributed by atoms with Gasteiger partial charge in [0.1, 0.15) is 11.6 Å². The molecule has 1 N–H and O–H groups in total. The molecule has 0 amide bonds. The number of carboxylic acids is 1. The summed E-state index contributed by atoms with van der Waals surface area (Å²) in [5.74, 6) is -0.207. The summed E-state index contributed by atoms with van der Waals surface area (Å²) in [5.41, 5.74) is 1.17. The molecule has 1 unspecified atom stereocenters. The van der Waals surface area contributed by atoms with Crippen molar-refractivity contribution in [3.63, 3.8) is 0 Å². The lowest BCUT2D eigenvalue weighted by atomic mass is 9.98. The van der Waals surface area contributed by atoms with E-state index in [-0.39, 0.29) is 17.6 Å². The molecule has 138 valence electrons. The molecule has 8 heteroatoms. The Balaban J connectivity index is 1.52. The number of pyridine rings is 1. The molecular weight excluding hydrogens is 351 g/mol. The highest BCUT2D eigenvalue weighted by Gasteiger charge is 2.26. The number of carbonyl (C=O) groups is 1. The zero-order valence-corrected chi connectivity index (χ0v) is 14.4. The highest BCUT2D eigenvalue weighted by Crippen LogP contribution is 2.25. The number of aromatic nitrogens is 3. The molecule has 0 saturated carbocycles. The summed E-state index contributed by atoms with van der Waals surface area (Å²) in [7, 11) is 0. The fourth-order valence-corrected chi connectivity index (χ4v) is 3.17. The van der Waals surface area contributed by atoms with Crippen molar-refractivity contribution >= 4 is 11.8 Å². The standard InChI is InChI=1S/C19H17FN4O3/c20-15-5-1-3-12(9-15)17-22-18(27-23-17)13-6-7-16(21-10-13)24-8-2-4-14(11-24)19(25)26/h1,3,5-7,9-10,14H,2,4,8,11H2,(H,25,26). The molecule has 1 saturated heterocycles. The summed E-state index contributed by atoms with van der Waals surface area (Å²) >= 11 is 0. The van der Waals surface area contributed by atoms with Gasteiger partial charge in [0, 0.05) is 24.8 Å². The van der Waals surface area contributed by atoms with Gasteiger partial charge in [0.2, 0.25) is 5.82 Å². The SMILES string of the molecule is O=C(O)C1CCCN(c2ccc(-c3nc(-c4cccc(F)c4)no3)cn2)C1. The molecule has 0 aliphatic carbocycles. The van der Waals surface area contributed by atoms with Gasteiger partial charge in [-0.3, -0.25) is 4.79 Å². The van der Waals surface area contributed by atoms with Crippen molar-refractivity contribution in [1.82, 2.24) is 15.1 Å². The Hall–Kier alpha value is -3.29. The Morgan fingerprint density at radius 2 is 2.15 bits per heavy atom. The van der Waals surface area contributed by atoms with Crippen molar-refractivity contribution in [2.45, 2.75) is 12.8 Å². The van der Waals surface area contributed by atoms with Crippen molar-refractivity contribution in [3.05, 3.63) is 48.4 Å². The number of rotatable bonds is 4. The Bertz CT molecular complexity index is 958. The van der Waals surface area contributed by atoms with Gasteiger partial charge in [-0.25, -0.2) is 9.37 Å². The van der Waals surface area contributed by atoms with Crippen molar-refractivity contribution in [2.75, 3.05) is 18.0 Å². The predicted molar refractivity (Wildman–Crippen MR) is 95.5 cm³/mol. The molecule has 27 heavy (non-hydrogen) atoms. The van der Waals surface area contributed by atoms with E-state index in [1.807, 2.05) is 11.0 Å². The molecule has 1 aromatic carbocycles. The van der Waals surface area contributed by atoms with E-state index in [1.54, 1.807) is 24.4 Å². The van der Waals surface area contributed by atoms with Crippen LogP contribution in [0.4, 0.5) is 10.2 Å². The number of anilines is 1. The molecule has 7 nitrogen and oxygen atoms in total. The third-order valence-corrected chi connectivity index (χ3v) is 4.60. The second-order valence-corrected chi connectivity index (χ2v) is 6.46. The van der Waals surface area contributed by atoms with E-state index in [2.05, 4.69) is 15.1 Å². The second kappa shape index (κ2) is 7.14. The van der Waals surface area contributed by atoms with E-state index in [0.29, 0.717) is 29.9 Å². The van der Waals surface area contributed by atoms with Crippen molar-refractivity contribution < 1.29 is 18.8 Å². The topological polar surface area (TPSA) is 92.3 Å². The van der Waals surface area contributed by atoms with Gasteiger partial charge in [0.15, 0.2) is 0 Å². The van der Waals surface area contributed by atoms with Crippen LogP contribution in [-0.4, -0.2) is 39.3 Å². The lowest BCUT2D eigenvalue weighted by Crippen LogP contribution is -2.39. The average molecular weight is 368 g/mol. The molecule has 0 radical (unpaired) electrons. The molecule has 2 aromatic heterocycles. The Kier molecular flexibility index (Phi) is 4.53. The Labute approximate surface area is 154 Å². The van der Waals surface area contributed by atoms with Crippen LogP contribution in [0.3, 0.4) is 0 Å². The van der Waals surface area contributed by atoms with Crippen LogP contribution in [0, 0.1) is 11.7 Å². The number of piperidine rings is 1. The predicted octanol–water partition coefficient (Wildman–Crippen LogP) is 3.24. The normalized spacial score (nSPS) is 17.1. The van der Waals surface area contributed by atoms with Gasteiger partial charge in [0.05, 0.1) is 11.5 Å². The molecule has 1 aliphatic rings. The molecule has 1 fully saturated rings. The smallest absolute Gasteiger partial charge is 0.308 e. The van der Waals surface area contributed by atoms with Gasteiger partial charge < -0.3 is 14.5 Å². The summed E-state index contributed by atoms with van der Waals surface area (Å²) in [6, 6.07) is 9.59. The van der Waals surface area contributed by atoms with Crippen LogP contribution in [0.5, 0.6) is 0 Å². The maximum Gasteiger partial charge on any atom is 0.308 e. The quantitative estimate of drug-likeness (QED) is 0.756. The molecule has 0 bridgehead atoms. The molecule has 3 aromatic rings. The number of halogens is 1. The molecule has 1 aliphatic heterocycles. The van der Waals surface area contributed by atoms with Crippen LogP contribution in [0.1, 0.15) is 12.8 Å². The van der Waals surface area contributed by atoms with Crippen LogP contribution < -0.4 is 4.90 Å². The minimum absolute atomic E-state index is 0.287. The van der Waals surface area contributed by atoms with E-state index < -0.39 is 5.97 Å². The van der Waals surface area contributed by atoms with E-state index in [9.17, 15) is 14.3 Å². The zero-order chi connectivity index (χ0) is 18.8. The van der Waals surface area contributed by atoms with Crippen LogP contribution in [-0.2, 0) is 4.79 Å². The van der Waals surface area contributed by atoms with Crippen LogP contribution in [0.25, 0.3) is 22.8 Å². The summed E-state index contributed by atoms with van der Waals surface area (Å²) in [4.78, 5) is 21.9. The highest BCUT2D eigenvalue weighted by atomic mass is 19.1. The molecule has 0 spiro atoms. The fourth-order valence-electron chi connectivity index (χ4n) is 3.17. The summed E-state index contributed by atoms with van der Waals surface area (Å²) < 4.78 is 18.6. The van der Waals surface area contributed by atoms with Crippen molar-refractivity contribution in [1.29, 1.82) is 0 Å². The first kappa shape index (κ1) is 17.1. The molecule has 1 atom stereocenters. The monoisotopic (exact) mass is 368 g/mol. The first-order valence-corrected chi connectivity index (χ1v) is 8.64. The van der Waals surface area contributed by atoms with Gasteiger partial charge in [-0.1, -0.05) is 17.3 Å². The van der Waals surface area contributed by atoms with Gasteiger partial charge in [0.25, 0.3) is 5.89 Å². The number of nitrogens with zero attached hydrogens (tertiary/aromatic N) is 4. The van der Waals surface area contributed by atoms with Gasteiger partial charge in [-0.2, -0.15) is 4.98 Å². The number of benzene rings is 1. The first-order valence-electron chi connectivity index (χ1n) is 8.64. The number of carboxylic acid groups (broad SMARTS) is 1. The molecule has 3 heterocycles. The third kappa shape index (κ3) is 3.64. The second-order valence-electron chi connectivity index (χ2n) is 6.46. The van der Waals surface area contributed by atoms with Crippen LogP contribution in [0.2, 0.25) is 0 Å². The highest BCUT2D eigenvalue weighted by molar-refractivity contribution is 5.71. The van der Waals surface area contributed by atoms with Crippen LogP contribution >= 0.6 is 0 Å². The third-order valence-electron chi connectivity index (χ3n) is 4.60. The van der Waals surface area contributed by atoms with E-state index in [0.717, 1.165) is 18.8 Å². The maximum atomic E-state index is 13.3. The molecule has 4 rings (SSSR count). The number of aliphatic carboxylic acids is 1. The van der Waals surface area contributed by atoms with Gasteiger partial charge in [-0.05, 0) is 37.1 Å². The van der Waals surface area contributed by atoms with Crippen LogP contribution in [0.15, 0.2) is 47.1 Å². The van der Waals surface area contributed by atoms with E-state index in [1.165, 1.54) is 12.1 Å². The lowest BCUT2D eigenvalue weighted by Gasteiger charge is -2.31. The Morgan fingerprint density at radius 3 is 2.89 bits per heavy atom. The van der Waals surface area contributed by atoms with E-state index in [4.69, 9.17) is 4.52 Å². The summed E-state index contributed by atoms with van der Waals surface area (Å²) in [6.07, 6.45) is 3.12.